The molecule has 3 aromatic rings. The Morgan fingerprint density at radius 1 is 0.837 bits per heavy atom. The van der Waals surface area contributed by atoms with Crippen LogP contribution in [-0.2, 0) is 20.8 Å². The molecule has 224 valence electrons. The summed E-state index contributed by atoms with van der Waals surface area (Å²) in [6.45, 7) is 2.95. The van der Waals surface area contributed by atoms with Crippen LogP contribution in [-0.4, -0.2) is 53.6 Å². The van der Waals surface area contributed by atoms with Crippen LogP contribution in [0.15, 0.2) is 66.7 Å². The lowest BCUT2D eigenvalue weighted by Gasteiger charge is -2.39. The molecule has 9 nitrogen and oxygen atoms in total. The SMILES string of the molecule is O=C(Nc1cccc(C2O[C@H](CN3CCCCCCC3)C[C@H](c3ccc(CO)cc3)O2)c1)c1ccc2c(c1)C(=O)OC2=O. The van der Waals surface area contributed by atoms with E-state index in [1.54, 1.807) is 6.07 Å². The molecule has 0 aromatic heterocycles. The standard InChI is InChI=1S/C34H36N2O7/c37-21-22-9-11-23(12-10-22)30-19-27(20-36-15-4-2-1-3-5-16-36)41-34(42-30)25-7-6-8-26(17-25)35-31(38)24-13-14-28-29(18-24)33(40)43-32(28)39/h6-14,17-18,27,30,34,37H,1-5,15-16,19-21H2,(H,35,38)/t27-,30+,34?/m0/s1. The number of esters is 2. The summed E-state index contributed by atoms with van der Waals surface area (Å²) in [5, 5.41) is 12.4. The second kappa shape index (κ2) is 13.2. The normalized spacial score (nSPS) is 22.8. The molecule has 0 aliphatic carbocycles. The minimum absolute atomic E-state index is 0.0126. The number of cyclic esters (lactones) is 2. The minimum Gasteiger partial charge on any atom is -0.392 e. The first-order chi connectivity index (χ1) is 21.0. The number of ether oxygens (including phenoxy) is 3. The maximum atomic E-state index is 13.1. The second-order valence-corrected chi connectivity index (χ2v) is 11.4. The van der Waals surface area contributed by atoms with Crippen molar-refractivity contribution in [1.82, 2.24) is 4.90 Å². The third-order valence-electron chi connectivity index (χ3n) is 8.35. The molecular formula is C34H36N2O7. The van der Waals surface area contributed by atoms with Crippen LogP contribution < -0.4 is 5.32 Å². The number of nitrogens with one attached hydrogen (secondary N) is 1. The van der Waals surface area contributed by atoms with Crippen LogP contribution in [0, 0.1) is 0 Å². The van der Waals surface area contributed by atoms with E-state index in [-0.39, 0.29) is 35.5 Å². The summed E-state index contributed by atoms with van der Waals surface area (Å²) >= 11 is 0. The number of carbonyl (C=O) groups excluding carboxylic acids is 3. The van der Waals surface area contributed by atoms with Crippen molar-refractivity contribution < 1.29 is 33.7 Å². The maximum Gasteiger partial charge on any atom is 0.346 e. The zero-order valence-electron chi connectivity index (χ0n) is 24.0. The number of amides is 1. The summed E-state index contributed by atoms with van der Waals surface area (Å²) in [4.78, 5) is 39.3. The van der Waals surface area contributed by atoms with Crippen LogP contribution in [0.5, 0.6) is 0 Å². The summed E-state index contributed by atoms with van der Waals surface area (Å²) in [6, 6.07) is 19.5. The molecule has 0 spiro atoms. The monoisotopic (exact) mass is 584 g/mol. The Bertz CT molecular complexity index is 1480. The Kier molecular flexibility index (Phi) is 8.95. The average molecular weight is 585 g/mol. The minimum atomic E-state index is -0.755. The zero-order chi connectivity index (χ0) is 29.8. The van der Waals surface area contributed by atoms with Gasteiger partial charge in [0.2, 0.25) is 0 Å². The summed E-state index contributed by atoms with van der Waals surface area (Å²) in [5.41, 5.74) is 3.67. The molecule has 1 amide bonds. The molecule has 6 rings (SSSR count). The first-order valence-electron chi connectivity index (χ1n) is 15.0. The Morgan fingerprint density at radius 3 is 2.35 bits per heavy atom. The van der Waals surface area contributed by atoms with Crippen LogP contribution in [0.4, 0.5) is 5.69 Å². The Labute approximate surface area is 250 Å². The van der Waals surface area contributed by atoms with Gasteiger partial charge in [0.15, 0.2) is 6.29 Å². The predicted molar refractivity (Wildman–Crippen MR) is 159 cm³/mol. The highest BCUT2D eigenvalue weighted by Crippen LogP contribution is 2.39. The van der Waals surface area contributed by atoms with Crippen molar-refractivity contribution in [1.29, 1.82) is 0 Å². The number of hydrogen-bond acceptors (Lipinski definition) is 8. The molecule has 3 aliphatic heterocycles. The smallest absolute Gasteiger partial charge is 0.346 e. The van der Waals surface area contributed by atoms with Crippen LogP contribution in [0.1, 0.15) is 98.7 Å². The second-order valence-electron chi connectivity index (χ2n) is 11.4. The largest absolute Gasteiger partial charge is 0.392 e. The van der Waals surface area contributed by atoms with Crippen LogP contribution in [0.25, 0.3) is 0 Å². The highest BCUT2D eigenvalue weighted by Gasteiger charge is 2.34. The van der Waals surface area contributed by atoms with Crippen molar-refractivity contribution in [3.63, 3.8) is 0 Å². The molecule has 0 radical (unpaired) electrons. The van der Waals surface area contributed by atoms with E-state index < -0.39 is 24.1 Å². The molecule has 3 heterocycles. The molecular weight excluding hydrogens is 548 g/mol. The third-order valence-corrected chi connectivity index (χ3v) is 8.35. The molecule has 3 aliphatic rings. The zero-order valence-corrected chi connectivity index (χ0v) is 24.0. The van der Waals surface area contributed by atoms with Crippen molar-refractivity contribution in [2.24, 2.45) is 0 Å². The fourth-order valence-corrected chi connectivity index (χ4v) is 6.01. The van der Waals surface area contributed by atoms with Crippen molar-refractivity contribution >= 4 is 23.5 Å². The van der Waals surface area contributed by atoms with Crippen LogP contribution >= 0.6 is 0 Å². The first kappa shape index (κ1) is 29.2. The highest BCUT2D eigenvalue weighted by atomic mass is 16.7. The van der Waals surface area contributed by atoms with Gasteiger partial charge in [0, 0.05) is 29.8 Å². The van der Waals surface area contributed by atoms with Crippen molar-refractivity contribution in [2.45, 2.75) is 63.6 Å². The summed E-state index contributed by atoms with van der Waals surface area (Å²) in [6.07, 6.45) is 6.05. The Morgan fingerprint density at radius 2 is 1.58 bits per heavy atom. The molecule has 2 fully saturated rings. The van der Waals surface area contributed by atoms with Crippen molar-refractivity contribution in [3.05, 3.63) is 100 Å². The van der Waals surface area contributed by atoms with Gasteiger partial charge in [0.1, 0.15) is 0 Å². The van der Waals surface area contributed by atoms with Gasteiger partial charge < -0.3 is 29.5 Å². The molecule has 0 saturated carbocycles. The molecule has 0 bridgehead atoms. The van der Waals surface area contributed by atoms with Crippen molar-refractivity contribution in [2.75, 3.05) is 25.0 Å². The van der Waals surface area contributed by atoms with Gasteiger partial charge in [-0.25, -0.2) is 9.59 Å². The summed E-state index contributed by atoms with van der Waals surface area (Å²) in [5.74, 6) is -1.89. The van der Waals surface area contributed by atoms with E-state index in [1.165, 1.54) is 50.3 Å². The van der Waals surface area contributed by atoms with Gasteiger partial charge in [-0.15, -0.1) is 0 Å². The summed E-state index contributed by atoms with van der Waals surface area (Å²) < 4.78 is 17.7. The fraction of sp³-hybridized carbons (Fsp3) is 0.382. The number of likely N-dealkylation sites (tertiary alicyclic amines) is 1. The van der Waals surface area contributed by atoms with E-state index in [0.29, 0.717) is 12.1 Å². The predicted octanol–water partition coefficient (Wildman–Crippen LogP) is 5.55. The number of benzene rings is 3. The Balaban J connectivity index is 1.20. The van der Waals surface area contributed by atoms with Crippen LogP contribution in [0.3, 0.4) is 0 Å². The van der Waals surface area contributed by atoms with Crippen molar-refractivity contribution in [3.8, 4) is 0 Å². The highest BCUT2D eigenvalue weighted by molar-refractivity contribution is 6.16. The molecule has 2 saturated heterocycles. The van der Waals surface area contributed by atoms with E-state index in [9.17, 15) is 19.5 Å². The summed E-state index contributed by atoms with van der Waals surface area (Å²) in [7, 11) is 0. The molecule has 1 unspecified atom stereocenters. The Hall–Kier alpha value is -3.89. The maximum absolute atomic E-state index is 13.1. The van der Waals surface area contributed by atoms with Gasteiger partial charge >= 0.3 is 11.9 Å². The average Bonchev–Trinajstić information content (AvgIpc) is 3.30. The fourth-order valence-electron chi connectivity index (χ4n) is 6.01. The van der Waals surface area contributed by atoms with E-state index in [4.69, 9.17) is 9.47 Å². The quantitative estimate of drug-likeness (QED) is 0.274. The van der Waals surface area contributed by atoms with Crippen LogP contribution in [0.2, 0.25) is 0 Å². The number of anilines is 1. The van der Waals surface area contributed by atoms with Gasteiger partial charge in [0.25, 0.3) is 5.91 Å². The van der Waals surface area contributed by atoms with Gasteiger partial charge in [-0.1, -0.05) is 55.7 Å². The first-order valence-corrected chi connectivity index (χ1v) is 15.0. The van der Waals surface area contributed by atoms with E-state index in [0.717, 1.165) is 36.3 Å². The number of rotatable bonds is 7. The lowest BCUT2D eigenvalue weighted by atomic mass is 9.99. The molecule has 3 aromatic carbocycles. The van der Waals surface area contributed by atoms with Gasteiger partial charge in [-0.3, -0.25) is 4.79 Å². The van der Waals surface area contributed by atoms with E-state index >= 15 is 0 Å². The number of nitrogens with zero attached hydrogens (tertiary/aromatic N) is 1. The number of hydrogen-bond donors (Lipinski definition) is 2. The number of carbonyl (C=O) groups is 3. The lowest BCUT2D eigenvalue weighted by molar-refractivity contribution is -0.253. The topological polar surface area (TPSA) is 114 Å². The van der Waals surface area contributed by atoms with Gasteiger partial charge in [0.05, 0.1) is 29.9 Å². The van der Waals surface area contributed by atoms with Gasteiger partial charge in [-0.2, -0.15) is 0 Å². The molecule has 9 heteroatoms. The number of fused-ring (bicyclic) bond motifs is 1. The molecule has 2 N–H and O–H groups in total. The molecule has 43 heavy (non-hydrogen) atoms. The molecule has 3 atom stereocenters. The number of aliphatic hydroxyl groups excluding tert-OH is 1. The van der Waals surface area contributed by atoms with E-state index in [2.05, 4.69) is 15.0 Å². The third kappa shape index (κ3) is 6.86. The number of aliphatic hydroxyl groups is 1. The lowest BCUT2D eigenvalue weighted by Crippen LogP contribution is -2.40. The van der Waals surface area contributed by atoms with Gasteiger partial charge in [-0.05, 0) is 67.4 Å². The van der Waals surface area contributed by atoms with E-state index in [1.807, 2.05) is 42.5 Å².